The summed E-state index contributed by atoms with van der Waals surface area (Å²) in [6, 6.07) is 3.46. The Hall–Kier alpha value is -0.120. The zero-order valence-electron chi connectivity index (χ0n) is 7.87. The molecular weight excluding hydrogens is 162 g/mol. The summed E-state index contributed by atoms with van der Waals surface area (Å²) in [7, 11) is 0. The minimum atomic E-state index is 0.824. The largest absolute Gasteiger partial charge is 0.312 e. The van der Waals surface area contributed by atoms with Crippen molar-refractivity contribution >= 4 is 0 Å². The number of nitrogens with zero attached hydrogens (tertiary/aromatic N) is 1. The molecular formula is C10H17N3. The average molecular weight is 179 g/mol. The summed E-state index contributed by atoms with van der Waals surface area (Å²) >= 11 is 0. The van der Waals surface area contributed by atoms with Crippen molar-refractivity contribution in [3.8, 4) is 0 Å². The Bertz CT molecular complexity index is 228. The Morgan fingerprint density at radius 1 is 1.08 bits per heavy atom. The van der Waals surface area contributed by atoms with E-state index in [0.29, 0.717) is 0 Å². The monoisotopic (exact) mass is 179 g/mol. The highest BCUT2D eigenvalue weighted by Crippen LogP contribution is 2.41. The molecule has 5 atom stereocenters. The van der Waals surface area contributed by atoms with Crippen molar-refractivity contribution in [2.24, 2.45) is 5.92 Å². The van der Waals surface area contributed by atoms with Crippen molar-refractivity contribution in [2.45, 2.75) is 37.0 Å². The third-order valence-corrected chi connectivity index (χ3v) is 4.58. The molecule has 0 radical (unpaired) electrons. The van der Waals surface area contributed by atoms with E-state index in [0.717, 1.165) is 30.1 Å². The number of rotatable bonds is 1. The maximum atomic E-state index is 3.62. The molecule has 5 aliphatic rings. The Labute approximate surface area is 78.9 Å². The lowest BCUT2D eigenvalue weighted by Crippen LogP contribution is -2.59. The molecule has 0 aromatic carbocycles. The fourth-order valence-corrected chi connectivity index (χ4v) is 3.91. The van der Waals surface area contributed by atoms with E-state index >= 15 is 0 Å². The van der Waals surface area contributed by atoms with Gasteiger partial charge in [-0.2, -0.15) is 0 Å². The first-order valence-electron chi connectivity index (χ1n) is 5.64. The molecule has 0 aromatic heterocycles. The molecule has 13 heavy (non-hydrogen) atoms. The zero-order chi connectivity index (χ0) is 8.41. The van der Waals surface area contributed by atoms with Crippen LogP contribution in [0.15, 0.2) is 0 Å². The van der Waals surface area contributed by atoms with Crippen LogP contribution >= 0.6 is 0 Å². The van der Waals surface area contributed by atoms with Crippen LogP contribution < -0.4 is 10.6 Å². The normalized spacial score (nSPS) is 58.6. The topological polar surface area (TPSA) is 27.3 Å². The number of fused-ring (bicyclic) bond motifs is 3. The van der Waals surface area contributed by atoms with Gasteiger partial charge in [0.2, 0.25) is 0 Å². The molecule has 5 fully saturated rings. The Morgan fingerprint density at radius 2 is 2.08 bits per heavy atom. The Balaban J connectivity index is 1.57. The van der Waals surface area contributed by atoms with Crippen LogP contribution in [0.1, 0.15) is 12.8 Å². The van der Waals surface area contributed by atoms with Gasteiger partial charge in [0.25, 0.3) is 0 Å². The molecule has 0 spiro atoms. The van der Waals surface area contributed by atoms with Gasteiger partial charge in [-0.3, -0.25) is 4.90 Å². The predicted octanol–water partition coefficient (Wildman–Crippen LogP) is -0.607. The van der Waals surface area contributed by atoms with Crippen molar-refractivity contribution in [1.82, 2.24) is 15.5 Å². The van der Waals surface area contributed by atoms with Gasteiger partial charge < -0.3 is 10.6 Å². The molecule has 2 N–H and O–H groups in total. The van der Waals surface area contributed by atoms with Gasteiger partial charge in [0.1, 0.15) is 0 Å². The summed E-state index contributed by atoms with van der Waals surface area (Å²) in [5.41, 5.74) is 0. The van der Waals surface area contributed by atoms with E-state index in [4.69, 9.17) is 0 Å². The quantitative estimate of drug-likeness (QED) is 0.562. The standard InChI is InChI=1S/C10H17N3/c1-6-3-12-9(1)10(6)13-5-7-2-8(13)4-11-7/h6-12H,1-5H2. The van der Waals surface area contributed by atoms with E-state index in [1.54, 1.807) is 0 Å². The molecule has 3 heteroatoms. The second-order valence-electron chi connectivity index (χ2n) is 5.19. The molecule has 0 aromatic rings. The summed E-state index contributed by atoms with van der Waals surface area (Å²) in [6.45, 7) is 3.86. The van der Waals surface area contributed by atoms with Gasteiger partial charge in [0.15, 0.2) is 0 Å². The van der Waals surface area contributed by atoms with Crippen LogP contribution in [0, 0.1) is 5.92 Å². The average Bonchev–Trinajstić information content (AvgIpc) is 2.83. The van der Waals surface area contributed by atoms with Crippen LogP contribution in [-0.4, -0.2) is 48.7 Å². The van der Waals surface area contributed by atoms with E-state index in [1.807, 2.05) is 0 Å². The summed E-state index contributed by atoms with van der Waals surface area (Å²) in [6.07, 6.45) is 2.86. The third kappa shape index (κ3) is 0.808. The highest BCUT2D eigenvalue weighted by molar-refractivity contribution is 5.12. The van der Waals surface area contributed by atoms with Gasteiger partial charge in [-0.1, -0.05) is 0 Å². The van der Waals surface area contributed by atoms with E-state index in [2.05, 4.69) is 15.5 Å². The minimum absolute atomic E-state index is 0.824. The lowest BCUT2D eigenvalue weighted by atomic mass is 9.78. The maximum absolute atomic E-state index is 3.62. The first kappa shape index (κ1) is 7.21. The van der Waals surface area contributed by atoms with Gasteiger partial charge >= 0.3 is 0 Å². The fraction of sp³-hybridized carbons (Fsp3) is 1.00. The SMILES string of the molecule is C1NC2CC1C2N1CC2CC1CN2. The second-order valence-corrected chi connectivity index (χ2v) is 5.19. The third-order valence-electron chi connectivity index (χ3n) is 4.58. The first-order chi connectivity index (χ1) is 6.42. The van der Waals surface area contributed by atoms with Crippen molar-refractivity contribution in [3.63, 3.8) is 0 Å². The summed E-state index contributed by atoms with van der Waals surface area (Å²) in [5.74, 6) is 0.990. The smallest absolute Gasteiger partial charge is 0.0294 e. The van der Waals surface area contributed by atoms with Crippen molar-refractivity contribution in [2.75, 3.05) is 19.6 Å². The summed E-state index contributed by atoms with van der Waals surface area (Å²) < 4.78 is 0. The van der Waals surface area contributed by atoms with E-state index in [9.17, 15) is 0 Å². The molecule has 72 valence electrons. The van der Waals surface area contributed by atoms with Crippen LogP contribution in [0.3, 0.4) is 0 Å². The van der Waals surface area contributed by atoms with Gasteiger partial charge in [-0.25, -0.2) is 0 Å². The molecule has 4 aliphatic heterocycles. The number of piperazine rings is 1. The molecule has 5 unspecified atom stereocenters. The molecule has 0 amide bonds. The molecule has 1 aliphatic carbocycles. The highest BCUT2D eigenvalue weighted by Gasteiger charge is 2.54. The predicted molar refractivity (Wildman–Crippen MR) is 50.6 cm³/mol. The molecule has 4 bridgehead atoms. The lowest BCUT2D eigenvalue weighted by Gasteiger charge is -2.45. The second kappa shape index (κ2) is 2.27. The van der Waals surface area contributed by atoms with Gasteiger partial charge in [0, 0.05) is 37.3 Å². The lowest BCUT2D eigenvalue weighted by molar-refractivity contribution is 0.0605. The number of nitrogens with one attached hydrogen (secondary N) is 2. The molecule has 5 rings (SSSR count). The molecule has 3 nitrogen and oxygen atoms in total. The van der Waals surface area contributed by atoms with Crippen LogP contribution in [0.4, 0.5) is 0 Å². The summed E-state index contributed by atoms with van der Waals surface area (Å²) in [4.78, 5) is 2.79. The molecule has 4 saturated heterocycles. The van der Waals surface area contributed by atoms with E-state index < -0.39 is 0 Å². The molecule has 4 heterocycles. The van der Waals surface area contributed by atoms with Crippen molar-refractivity contribution in [1.29, 1.82) is 0 Å². The maximum Gasteiger partial charge on any atom is 0.0294 e. The molecule has 1 saturated carbocycles. The highest BCUT2D eigenvalue weighted by atomic mass is 15.3. The number of hydrogen-bond acceptors (Lipinski definition) is 3. The van der Waals surface area contributed by atoms with Gasteiger partial charge in [0.05, 0.1) is 0 Å². The van der Waals surface area contributed by atoms with Crippen molar-refractivity contribution in [3.05, 3.63) is 0 Å². The Kier molecular flexibility index (Phi) is 1.26. The van der Waals surface area contributed by atoms with E-state index in [1.165, 1.54) is 32.5 Å². The fourth-order valence-electron chi connectivity index (χ4n) is 3.91. The van der Waals surface area contributed by atoms with E-state index in [-0.39, 0.29) is 0 Å². The number of hydrogen-bond donors (Lipinski definition) is 2. The van der Waals surface area contributed by atoms with Gasteiger partial charge in [-0.05, 0) is 25.3 Å². The van der Waals surface area contributed by atoms with Crippen LogP contribution in [0.5, 0.6) is 0 Å². The van der Waals surface area contributed by atoms with Gasteiger partial charge in [-0.15, -0.1) is 0 Å². The Morgan fingerprint density at radius 3 is 2.62 bits per heavy atom. The first-order valence-corrected chi connectivity index (χ1v) is 5.64. The summed E-state index contributed by atoms with van der Waals surface area (Å²) in [5, 5.41) is 7.19. The van der Waals surface area contributed by atoms with Crippen LogP contribution in [-0.2, 0) is 0 Å². The minimum Gasteiger partial charge on any atom is -0.312 e. The van der Waals surface area contributed by atoms with Crippen molar-refractivity contribution < 1.29 is 0 Å². The van der Waals surface area contributed by atoms with Crippen LogP contribution in [0.2, 0.25) is 0 Å². The van der Waals surface area contributed by atoms with Crippen LogP contribution in [0.25, 0.3) is 0 Å². The zero-order valence-corrected chi connectivity index (χ0v) is 7.87. The number of likely N-dealkylation sites (tertiary alicyclic amines) is 1.